The molecule has 5 rings (SSSR count). The Balaban J connectivity index is 1.45. The zero-order chi connectivity index (χ0) is 23.1. The summed E-state index contributed by atoms with van der Waals surface area (Å²) < 4.78 is 7.62. The third-order valence-electron chi connectivity index (χ3n) is 7.00. The molecule has 0 amide bonds. The smallest absolute Gasteiger partial charge is 0.306 e. The van der Waals surface area contributed by atoms with Crippen molar-refractivity contribution in [2.45, 2.75) is 51.6 Å². The highest BCUT2D eigenvalue weighted by Gasteiger charge is 2.29. The minimum Gasteiger partial charge on any atom is -0.495 e. The Hall–Kier alpha value is -3.20. The Kier molecular flexibility index (Phi) is 5.65. The summed E-state index contributed by atoms with van der Waals surface area (Å²) in [5, 5.41) is 18.3. The number of rotatable bonds is 5. The van der Waals surface area contributed by atoms with Gasteiger partial charge in [-0.05, 0) is 69.3 Å². The standard InChI is InChI=1S/C24H30N6O3/c1-14-19-12-25-24(26-20-10-17-13-29(2)9-8-16(17)11-21(20)33-3)27-22(19)30(28-14)18-6-4-15(5-7-18)23(31)32/h10-12,15,18H,4-9,13H2,1-3H3,(H,31,32)(H,25,26,27). The number of benzene rings is 1. The van der Waals surface area contributed by atoms with Crippen LogP contribution >= 0.6 is 0 Å². The van der Waals surface area contributed by atoms with Crippen LogP contribution in [0, 0.1) is 12.8 Å². The fourth-order valence-electron chi connectivity index (χ4n) is 5.06. The lowest BCUT2D eigenvalue weighted by molar-refractivity contribution is -0.143. The molecule has 1 saturated carbocycles. The maximum atomic E-state index is 11.3. The molecule has 0 unspecified atom stereocenters. The predicted molar refractivity (Wildman–Crippen MR) is 125 cm³/mol. The molecule has 0 atom stereocenters. The maximum Gasteiger partial charge on any atom is 0.306 e. The second-order valence-electron chi connectivity index (χ2n) is 9.24. The molecule has 1 fully saturated rings. The van der Waals surface area contributed by atoms with Gasteiger partial charge in [0.1, 0.15) is 5.75 Å². The van der Waals surface area contributed by atoms with E-state index in [1.54, 1.807) is 7.11 Å². The average Bonchev–Trinajstić information content (AvgIpc) is 3.14. The lowest BCUT2D eigenvalue weighted by atomic mass is 9.86. The number of hydrogen-bond acceptors (Lipinski definition) is 7. The number of nitrogens with one attached hydrogen (secondary N) is 1. The molecule has 2 aliphatic rings. The van der Waals surface area contributed by atoms with Gasteiger partial charge in [0.15, 0.2) is 5.65 Å². The van der Waals surface area contributed by atoms with E-state index < -0.39 is 5.97 Å². The van der Waals surface area contributed by atoms with Gasteiger partial charge in [-0.2, -0.15) is 10.1 Å². The van der Waals surface area contributed by atoms with E-state index in [4.69, 9.17) is 14.8 Å². The molecule has 0 spiro atoms. The zero-order valence-corrected chi connectivity index (χ0v) is 19.3. The molecule has 0 radical (unpaired) electrons. The van der Waals surface area contributed by atoms with Crippen LogP contribution in [-0.2, 0) is 17.8 Å². The Morgan fingerprint density at radius 2 is 2.00 bits per heavy atom. The highest BCUT2D eigenvalue weighted by molar-refractivity contribution is 5.79. The molecule has 0 saturated heterocycles. The fourth-order valence-corrected chi connectivity index (χ4v) is 5.06. The van der Waals surface area contributed by atoms with Crippen molar-refractivity contribution in [1.29, 1.82) is 0 Å². The van der Waals surface area contributed by atoms with Crippen molar-refractivity contribution in [3.8, 4) is 5.75 Å². The first-order chi connectivity index (χ1) is 15.9. The van der Waals surface area contributed by atoms with E-state index in [2.05, 4.69) is 34.4 Å². The van der Waals surface area contributed by atoms with Gasteiger partial charge in [-0.25, -0.2) is 9.67 Å². The van der Waals surface area contributed by atoms with E-state index in [0.29, 0.717) is 18.8 Å². The van der Waals surface area contributed by atoms with E-state index in [1.807, 2.05) is 17.8 Å². The highest BCUT2D eigenvalue weighted by Crippen LogP contribution is 2.35. The van der Waals surface area contributed by atoms with Crippen LogP contribution < -0.4 is 10.1 Å². The van der Waals surface area contributed by atoms with Crippen LogP contribution in [-0.4, -0.2) is 56.4 Å². The van der Waals surface area contributed by atoms with Crippen molar-refractivity contribution in [3.05, 3.63) is 35.2 Å². The van der Waals surface area contributed by atoms with E-state index in [0.717, 1.165) is 60.5 Å². The number of carbonyl (C=O) groups is 1. The van der Waals surface area contributed by atoms with Crippen LogP contribution in [0.3, 0.4) is 0 Å². The van der Waals surface area contributed by atoms with Crippen LogP contribution in [0.25, 0.3) is 11.0 Å². The summed E-state index contributed by atoms with van der Waals surface area (Å²) in [7, 11) is 3.81. The van der Waals surface area contributed by atoms with Crippen molar-refractivity contribution in [1.82, 2.24) is 24.6 Å². The summed E-state index contributed by atoms with van der Waals surface area (Å²) in [4.78, 5) is 23.0. The van der Waals surface area contributed by atoms with Gasteiger partial charge in [-0.15, -0.1) is 0 Å². The summed E-state index contributed by atoms with van der Waals surface area (Å²) in [6.45, 7) is 3.90. The Morgan fingerprint density at radius 1 is 1.21 bits per heavy atom. The Labute approximate surface area is 192 Å². The van der Waals surface area contributed by atoms with E-state index in [-0.39, 0.29) is 12.0 Å². The monoisotopic (exact) mass is 450 g/mol. The number of aliphatic carboxylic acids is 1. The summed E-state index contributed by atoms with van der Waals surface area (Å²) in [5.41, 5.74) is 5.10. The normalized spacial score (nSPS) is 21.1. The summed E-state index contributed by atoms with van der Waals surface area (Å²) in [6.07, 6.45) is 5.71. The van der Waals surface area contributed by atoms with Crippen molar-refractivity contribution < 1.29 is 14.6 Å². The topological polar surface area (TPSA) is 105 Å². The molecular weight excluding hydrogens is 420 g/mol. The van der Waals surface area contributed by atoms with E-state index >= 15 is 0 Å². The van der Waals surface area contributed by atoms with Gasteiger partial charge in [0.2, 0.25) is 5.95 Å². The Morgan fingerprint density at radius 3 is 2.73 bits per heavy atom. The maximum absolute atomic E-state index is 11.3. The first-order valence-corrected chi connectivity index (χ1v) is 11.5. The van der Waals surface area contributed by atoms with Gasteiger partial charge in [0, 0.05) is 19.3 Å². The SMILES string of the molecule is COc1cc2c(cc1Nc1ncc3c(C)nn(C4CCC(C(=O)O)CC4)c3n1)CN(C)CC2. The van der Waals surface area contributed by atoms with Gasteiger partial charge in [-0.1, -0.05) is 0 Å². The number of anilines is 2. The van der Waals surface area contributed by atoms with Crippen molar-refractivity contribution in [2.24, 2.45) is 5.92 Å². The molecule has 174 valence electrons. The molecule has 3 heterocycles. The summed E-state index contributed by atoms with van der Waals surface area (Å²) >= 11 is 0. The lowest BCUT2D eigenvalue weighted by Gasteiger charge is -2.26. The minimum atomic E-state index is -0.700. The zero-order valence-electron chi connectivity index (χ0n) is 19.3. The van der Waals surface area contributed by atoms with E-state index in [9.17, 15) is 9.90 Å². The number of aromatic nitrogens is 4. The Bertz CT molecular complexity index is 1200. The second kappa shape index (κ2) is 8.62. The number of fused-ring (bicyclic) bond motifs is 2. The number of aryl methyl sites for hydroxylation is 1. The number of nitrogens with zero attached hydrogens (tertiary/aromatic N) is 5. The largest absolute Gasteiger partial charge is 0.495 e. The quantitative estimate of drug-likeness (QED) is 0.606. The third kappa shape index (κ3) is 4.13. The molecule has 3 aromatic rings. The van der Waals surface area contributed by atoms with Crippen LogP contribution in [0.15, 0.2) is 18.3 Å². The number of ether oxygens (including phenoxy) is 1. The summed E-state index contributed by atoms with van der Waals surface area (Å²) in [5.74, 6) is 0.310. The number of hydrogen-bond donors (Lipinski definition) is 2. The number of likely N-dealkylation sites (N-methyl/N-ethyl adjacent to an activating group) is 1. The van der Waals surface area contributed by atoms with Crippen LogP contribution in [0.5, 0.6) is 5.75 Å². The lowest BCUT2D eigenvalue weighted by Crippen LogP contribution is -2.26. The highest BCUT2D eigenvalue weighted by atomic mass is 16.5. The predicted octanol–water partition coefficient (Wildman–Crippen LogP) is 3.69. The van der Waals surface area contributed by atoms with Gasteiger partial charge in [-0.3, -0.25) is 4.79 Å². The molecule has 2 aromatic heterocycles. The van der Waals surface area contributed by atoms with Crippen molar-refractivity contribution >= 4 is 28.6 Å². The average molecular weight is 451 g/mol. The molecule has 2 N–H and O–H groups in total. The third-order valence-corrected chi connectivity index (χ3v) is 7.00. The fraction of sp³-hybridized carbons (Fsp3) is 0.500. The molecule has 33 heavy (non-hydrogen) atoms. The first-order valence-electron chi connectivity index (χ1n) is 11.5. The summed E-state index contributed by atoms with van der Waals surface area (Å²) in [6, 6.07) is 4.39. The van der Waals surface area contributed by atoms with Gasteiger partial charge in [0.25, 0.3) is 0 Å². The molecule has 1 aliphatic carbocycles. The number of methoxy groups -OCH3 is 1. The van der Waals surface area contributed by atoms with Crippen LogP contribution in [0.1, 0.15) is 48.5 Å². The second-order valence-corrected chi connectivity index (χ2v) is 9.24. The molecular formula is C24H30N6O3. The van der Waals surface area contributed by atoms with Crippen LogP contribution in [0.4, 0.5) is 11.6 Å². The minimum absolute atomic E-state index is 0.147. The molecule has 1 aromatic carbocycles. The number of carboxylic acids is 1. The van der Waals surface area contributed by atoms with Gasteiger partial charge >= 0.3 is 5.97 Å². The molecule has 9 nitrogen and oxygen atoms in total. The molecule has 9 heteroatoms. The first kappa shape index (κ1) is 21.6. The van der Waals surface area contributed by atoms with Crippen molar-refractivity contribution in [3.63, 3.8) is 0 Å². The van der Waals surface area contributed by atoms with Gasteiger partial charge in [0.05, 0.1) is 35.8 Å². The van der Waals surface area contributed by atoms with Crippen LogP contribution in [0.2, 0.25) is 0 Å². The van der Waals surface area contributed by atoms with Crippen molar-refractivity contribution in [2.75, 3.05) is 26.0 Å². The van der Waals surface area contributed by atoms with Gasteiger partial charge < -0.3 is 20.1 Å². The van der Waals surface area contributed by atoms with E-state index in [1.165, 1.54) is 11.1 Å². The molecule has 0 bridgehead atoms. The molecule has 1 aliphatic heterocycles. The number of carboxylic acid groups (broad SMARTS) is 1.